The highest BCUT2D eigenvalue weighted by molar-refractivity contribution is 6.76. The van der Waals surface area contributed by atoms with E-state index in [0.717, 1.165) is 67.1 Å². The molecule has 0 N–H and O–H groups in total. The van der Waals surface area contributed by atoms with Gasteiger partial charge in [0.25, 0.3) is 0 Å². The zero-order chi connectivity index (χ0) is 36.0. The second kappa shape index (κ2) is 15.8. The van der Waals surface area contributed by atoms with Gasteiger partial charge in [0.2, 0.25) is 5.78 Å². The summed E-state index contributed by atoms with van der Waals surface area (Å²) in [6.07, 6.45) is 10.3. The molecule has 2 aliphatic rings. The van der Waals surface area contributed by atoms with Crippen molar-refractivity contribution in [3.05, 3.63) is 52.9 Å². The van der Waals surface area contributed by atoms with Gasteiger partial charge < -0.3 is 18.8 Å². The number of unbranched alkanes of at least 4 members (excludes halogenated alkanes) is 1. The van der Waals surface area contributed by atoms with E-state index in [0.29, 0.717) is 19.6 Å². The van der Waals surface area contributed by atoms with Gasteiger partial charge in [0.05, 0.1) is 29.9 Å². The van der Waals surface area contributed by atoms with Crippen LogP contribution in [0.2, 0.25) is 25.7 Å². The van der Waals surface area contributed by atoms with E-state index in [2.05, 4.69) is 71.4 Å². The third kappa shape index (κ3) is 11.2. The van der Waals surface area contributed by atoms with Crippen LogP contribution in [0.15, 0.2) is 24.4 Å². The monoisotopic (exact) mass is 690 g/mol. The summed E-state index contributed by atoms with van der Waals surface area (Å²) in [6, 6.07) is 7.17. The van der Waals surface area contributed by atoms with Crippen molar-refractivity contribution < 1.29 is 23.8 Å². The topological polar surface area (TPSA) is 116 Å². The maximum absolute atomic E-state index is 13.9. The second-order valence-corrected chi connectivity index (χ2v) is 22.6. The Hall–Kier alpha value is -3.13. The average molecular weight is 691 g/mol. The summed E-state index contributed by atoms with van der Waals surface area (Å²) in [7, 11) is -1.27. The van der Waals surface area contributed by atoms with E-state index >= 15 is 0 Å². The van der Waals surface area contributed by atoms with Gasteiger partial charge in [0.1, 0.15) is 12.8 Å². The average Bonchev–Trinajstić information content (AvgIpc) is 3.41. The largest absolute Gasteiger partial charge is 0.466 e. The molecule has 1 saturated heterocycles. The van der Waals surface area contributed by atoms with Crippen molar-refractivity contribution in [3.8, 4) is 6.07 Å². The number of hydrogen-bond acceptors (Lipinski definition) is 8. The van der Waals surface area contributed by atoms with E-state index in [4.69, 9.17) is 19.2 Å². The number of aromatic nitrogens is 3. The van der Waals surface area contributed by atoms with Crippen LogP contribution in [0.5, 0.6) is 0 Å². The molecule has 0 aromatic carbocycles. The zero-order valence-electron chi connectivity index (χ0n) is 31.4. The van der Waals surface area contributed by atoms with Gasteiger partial charge in [-0.25, -0.2) is 4.98 Å². The smallest absolute Gasteiger partial charge is 0.308 e. The predicted molar refractivity (Wildman–Crippen MR) is 195 cm³/mol. The lowest BCUT2D eigenvalue weighted by atomic mass is 9.76. The number of nitriles is 1. The van der Waals surface area contributed by atoms with Crippen molar-refractivity contribution in [2.24, 2.45) is 5.41 Å². The minimum absolute atomic E-state index is 0.0618. The van der Waals surface area contributed by atoms with Crippen molar-refractivity contribution >= 4 is 25.4 Å². The third-order valence-corrected chi connectivity index (χ3v) is 11.3. The Morgan fingerprint density at radius 3 is 2.51 bits per heavy atom. The molecule has 0 bridgehead atoms. The van der Waals surface area contributed by atoms with Gasteiger partial charge >= 0.3 is 5.97 Å². The molecule has 9 nitrogen and oxygen atoms in total. The SMILES string of the molecule is CCCCOC(=O)CC1(C)CC(c2ccc(CC(=O)c3nc(C#N)cn3COCC[Si](C)(C)C)c(C3=CCC(C)(C)CC3)n2)CC(C)(C)O1. The van der Waals surface area contributed by atoms with Gasteiger partial charge in [-0.05, 0) is 88.0 Å². The van der Waals surface area contributed by atoms with Gasteiger partial charge in [-0.3, -0.25) is 14.6 Å². The number of Topliss-reactive ketones (excluding diaryl/α,β-unsaturated/α-hetero) is 1. The highest BCUT2D eigenvalue weighted by atomic mass is 28.3. The number of pyridine rings is 1. The molecular formula is C39H58N4O5Si. The molecule has 1 fully saturated rings. The summed E-state index contributed by atoms with van der Waals surface area (Å²) in [4.78, 5) is 36.4. The Balaban J connectivity index is 1.62. The third-order valence-electron chi connectivity index (χ3n) is 9.63. The summed E-state index contributed by atoms with van der Waals surface area (Å²) >= 11 is 0. The quantitative estimate of drug-likeness (QED) is 0.0789. The molecule has 2 atom stereocenters. The van der Waals surface area contributed by atoms with Crippen molar-refractivity contribution in [1.29, 1.82) is 5.26 Å². The Morgan fingerprint density at radius 2 is 1.86 bits per heavy atom. The molecule has 1 aliphatic carbocycles. The molecule has 1 aliphatic heterocycles. The molecule has 2 aromatic rings. The van der Waals surface area contributed by atoms with Crippen LogP contribution < -0.4 is 0 Å². The van der Waals surface area contributed by atoms with E-state index in [9.17, 15) is 14.9 Å². The molecule has 2 aromatic heterocycles. The molecule has 10 heteroatoms. The molecule has 4 rings (SSSR count). The first kappa shape index (κ1) is 38.7. The molecule has 0 radical (unpaired) electrons. The van der Waals surface area contributed by atoms with Crippen molar-refractivity contribution in [1.82, 2.24) is 14.5 Å². The molecule has 49 heavy (non-hydrogen) atoms. The summed E-state index contributed by atoms with van der Waals surface area (Å²) < 4.78 is 19.6. The second-order valence-electron chi connectivity index (χ2n) is 17.0. The summed E-state index contributed by atoms with van der Waals surface area (Å²) in [5, 5.41) is 9.58. The Bertz CT molecular complexity index is 1560. The van der Waals surface area contributed by atoms with Crippen LogP contribution in [0.1, 0.15) is 132 Å². The highest BCUT2D eigenvalue weighted by Gasteiger charge is 2.44. The number of nitrogens with zero attached hydrogens (tertiary/aromatic N) is 4. The van der Waals surface area contributed by atoms with Crippen molar-refractivity contribution in [3.63, 3.8) is 0 Å². The van der Waals surface area contributed by atoms with E-state index in [1.807, 2.05) is 19.1 Å². The number of ether oxygens (including phenoxy) is 3. The number of imidazole rings is 1. The molecule has 2 unspecified atom stereocenters. The lowest BCUT2D eigenvalue weighted by molar-refractivity contribution is -0.186. The first-order chi connectivity index (χ1) is 22.9. The Kier molecular flexibility index (Phi) is 12.5. The standard InChI is InChI=1S/C39H58N4O5Si/c1-10-11-18-47-34(45)24-39(6)23-30(22-38(4,5)48-39)32-13-12-29(35(42-32)28-14-16-37(2,3)17-15-28)21-33(44)36-41-31(25-40)26-43(36)27-46-19-20-49(7,8)9/h12-14,26,30H,10-11,15-24,27H2,1-9H3. The maximum Gasteiger partial charge on any atom is 0.308 e. The maximum atomic E-state index is 13.9. The molecule has 0 saturated carbocycles. The van der Waals surface area contributed by atoms with Gasteiger partial charge in [-0.15, -0.1) is 0 Å². The number of carbonyl (C=O) groups excluding carboxylic acids is 2. The lowest BCUT2D eigenvalue weighted by Gasteiger charge is -2.46. The minimum atomic E-state index is -1.27. The van der Waals surface area contributed by atoms with Crippen LogP contribution in [0.25, 0.3) is 5.57 Å². The lowest BCUT2D eigenvalue weighted by Crippen LogP contribution is -2.47. The molecule has 3 heterocycles. The number of hydrogen-bond donors (Lipinski definition) is 0. The molecule has 268 valence electrons. The molecular weight excluding hydrogens is 633 g/mol. The Labute approximate surface area is 294 Å². The number of ketones is 1. The van der Waals surface area contributed by atoms with Crippen LogP contribution in [-0.2, 0) is 32.2 Å². The first-order valence-electron chi connectivity index (χ1n) is 18.0. The van der Waals surface area contributed by atoms with Gasteiger partial charge in [0.15, 0.2) is 11.5 Å². The fourth-order valence-electron chi connectivity index (χ4n) is 6.97. The normalized spacial score (nSPS) is 21.9. The van der Waals surface area contributed by atoms with E-state index in [1.165, 1.54) is 0 Å². The van der Waals surface area contributed by atoms with E-state index in [1.54, 1.807) is 10.8 Å². The van der Waals surface area contributed by atoms with Gasteiger partial charge in [0, 0.05) is 38.9 Å². The van der Waals surface area contributed by atoms with E-state index in [-0.39, 0.29) is 54.2 Å². The van der Waals surface area contributed by atoms with Gasteiger partial charge in [-0.2, -0.15) is 5.26 Å². The van der Waals surface area contributed by atoms with Crippen LogP contribution in [0.4, 0.5) is 0 Å². The minimum Gasteiger partial charge on any atom is -0.466 e. The fraction of sp³-hybridized carbons (Fsp3) is 0.667. The zero-order valence-corrected chi connectivity index (χ0v) is 32.4. The Morgan fingerprint density at radius 1 is 1.10 bits per heavy atom. The van der Waals surface area contributed by atoms with Crippen molar-refractivity contribution in [2.45, 2.75) is 149 Å². The predicted octanol–water partition coefficient (Wildman–Crippen LogP) is 8.65. The van der Waals surface area contributed by atoms with Gasteiger partial charge in [-0.1, -0.05) is 59.0 Å². The van der Waals surface area contributed by atoms with Crippen LogP contribution in [-0.4, -0.2) is 58.8 Å². The summed E-state index contributed by atoms with van der Waals surface area (Å²) in [5.74, 6) is -0.119. The summed E-state index contributed by atoms with van der Waals surface area (Å²) in [5.41, 5.74) is 3.07. The first-order valence-corrected chi connectivity index (χ1v) is 21.8. The van der Waals surface area contributed by atoms with Crippen LogP contribution in [0, 0.1) is 16.7 Å². The molecule has 0 spiro atoms. The van der Waals surface area contributed by atoms with Crippen LogP contribution >= 0.6 is 0 Å². The molecule has 0 amide bonds. The van der Waals surface area contributed by atoms with Crippen LogP contribution in [0.3, 0.4) is 0 Å². The fourth-order valence-corrected chi connectivity index (χ4v) is 7.72. The number of rotatable bonds is 15. The number of allylic oxidation sites excluding steroid dienone is 2. The number of esters is 1. The van der Waals surface area contributed by atoms with E-state index < -0.39 is 19.3 Å². The van der Waals surface area contributed by atoms with Crippen molar-refractivity contribution in [2.75, 3.05) is 13.2 Å². The highest BCUT2D eigenvalue weighted by Crippen LogP contribution is 2.46. The number of carbonyl (C=O) groups is 2. The summed E-state index contributed by atoms with van der Waals surface area (Å²) in [6.45, 7) is 20.9.